The van der Waals surface area contributed by atoms with E-state index < -0.39 is 0 Å². The van der Waals surface area contributed by atoms with Crippen molar-refractivity contribution in [1.82, 2.24) is 0 Å². The smallest absolute Gasteiger partial charge is 0.306 e. The first-order valence-electron chi connectivity index (χ1n) is 13.4. The summed E-state index contributed by atoms with van der Waals surface area (Å²) in [6.07, 6.45) is 8.98. The number of carbonyl (C=O) groups excluding carboxylic acids is 1. The Bertz CT molecular complexity index is 889. The molecule has 198 valence electrons. The lowest BCUT2D eigenvalue weighted by Gasteiger charge is -2.33. The molecule has 0 spiro atoms. The summed E-state index contributed by atoms with van der Waals surface area (Å²) in [5.74, 6) is 2.01. The molecule has 0 amide bonds. The van der Waals surface area contributed by atoms with Crippen LogP contribution >= 0.6 is 0 Å². The zero-order valence-electron chi connectivity index (χ0n) is 21.1. The summed E-state index contributed by atoms with van der Waals surface area (Å²) in [6.45, 7) is 1.88. The van der Waals surface area contributed by atoms with Gasteiger partial charge in [0.05, 0.1) is 32.8 Å². The third-order valence-electron chi connectivity index (χ3n) is 7.48. The Morgan fingerprint density at radius 1 is 1.03 bits per heavy atom. The predicted molar refractivity (Wildman–Crippen MR) is 130 cm³/mol. The van der Waals surface area contributed by atoms with Gasteiger partial charge in [-0.1, -0.05) is 12.1 Å². The molecule has 0 radical (unpaired) electrons. The predicted octanol–water partition coefficient (Wildman–Crippen LogP) is 4.75. The van der Waals surface area contributed by atoms with Crippen LogP contribution in [0.15, 0.2) is 36.1 Å². The highest BCUT2D eigenvalue weighted by atomic mass is 16.7. The molecule has 5 rings (SSSR count). The number of fused-ring (bicyclic) bond motifs is 1. The van der Waals surface area contributed by atoms with Crippen molar-refractivity contribution < 1.29 is 38.0 Å². The van der Waals surface area contributed by atoms with Gasteiger partial charge in [0.1, 0.15) is 11.9 Å². The molecule has 3 aliphatic heterocycles. The first-order chi connectivity index (χ1) is 17.7. The zero-order chi connectivity index (χ0) is 24.7. The van der Waals surface area contributed by atoms with Crippen molar-refractivity contribution in [1.29, 1.82) is 0 Å². The number of benzene rings is 1. The number of carbonyl (C=O) groups is 1. The van der Waals surface area contributed by atoms with E-state index in [4.69, 9.17) is 33.2 Å². The lowest BCUT2D eigenvalue weighted by Crippen LogP contribution is -2.34. The van der Waals surface area contributed by atoms with E-state index in [1.54, 1.807) is 7.11 Å². The molecule has 36 heavy (non-hydrogen) atoms. The molecule has 3 saturated heterocycles. The van der Waals surface area contributed by atoms with Crippen molar-refractivity contribution in [2.75, 3.05) is 26.9 Å². The molecule has 1 aliphatic carbocycles. The highest BCUT2D eigenvalue weighted by molar-refractivity contribution is 5.72. The topological polar surface area (TPSA) is 81.7 Å². The van der Waals surface area contributed by atoms with E-state index in [1.165, 1.54) is 0 Å². The second kappa shape index (κ2) is 12.3. The Kier molecular flexibility index (Phi) is 8.67. The van der Waals surface area contributed by atoms with Crippen LogP contribution in [-0.4, -0.2) is 57.7 Å². The average Bonchev–Trinajstić information content (AvgIpc) is 3.42. The van der Waals surface area contributed by atoms with E-state index in [1.807, 2.05) is 24.3 Å². The molecule has 1 aromatic rings. The third kappa shape index (κ3) is 6.15. The van der Waals surface area contributed by atoms with Gasteiger partial charge >= 0.3 is 5.97 Å². The molecule has 0 N–H and O–H groups in total. The van der Waals surface area contributed by atoms with Crippen molar-refractivity contribution in [2.45, 2.75) is 82.6 Å². The Morgan fingerprint density at radius 3 is 2.50 bits per heavy atom. The Balaban J connectivity index is 1.32. The van der Waals surface area contributed by atoms with Crippen LogP contribution in [0.4, 0.5) is 0 Å². The van der Waals surface area contributed by atoms with Crippen molar-refractivity contribution in [2.24, 2.45) is 11.8 Å². The van der Waals surface area contributed by atoms with E-state index in [2.05, 4.69) is 6.08 Å². The fourth-order valence-electron chi connectivity index (χ4n) is 5.74. The summed E-state index contributed by atoms with van der Waals surface area (Å²) in [5.41, 5.74) is 0. The lowest BCUT2D eigenvalue weighted by atomic mass is 9.89. The highest BCUT2D eigenvalue weighted by Gasteiger charge is 2.53. The van der Waals surface area contributed by atoms with E-state index in [-0.39, 0.29) is 42.6 Å². The molecule has 8 heteroatoms. The number of ether oxygens (including phenoxy) is 7. The van der Waals surface area contributed by atoms with Crippen LogP contribution in [0.5, 0.6) is 11.5 Å². The summed E-state index contributed by atoms with van der Waals surface area (Å²) < 4.78 is 41.9. The number of rotatable bonds is 10. The van der Waals surface area contributed by atoms with Gasteiger partial charge in [-0.2, -0.15) is 0 Å². The van der Waals surface area contributed by atoms with Crippen molar-refractivity contribution in [3.05, 3.63) is 36.1 Å². The van der Waals surface area contributed by atoms with Crippen molar-refractivity contribution in [3.8, 4) is 11.5 Å². The summed E-state index contributed by atoms with van der Waals surface area (Å²) in [6, 6.07) is 7.62. The van der Waals surface area contributed by atoms with Crippen LogP contribution in [0.1, 0.15) is 57.8 Å². The van der Waals surface area contributed by atoms with E-state index >= 15 is 0 Å². The normalized spacial score (nSPS) is 32.6. The lowest BCUT2D eigenvalue weighted by molar-refractivity contribution is -0.201. The number of methoxy groups -OCH3 is 1. The SMILES string of the molecule is COc1ccccc1OCC/C=C(/OC1CCCCO1)[C@H]1[C@@H]2CC(=O)O[C@@H]2C[C@H]1OC1CCCCO1. The maximum Gasteiger partial charge on any atom is 0.306 e. The average molecular weight is 503 g/mol. The van der Waals surface area contributed by atoms with Gasteiger partial charge in [0.25, 0.3) is 0 Å². The first kappa shape index (κ1) is 25.4. The Morgan fingerprint density at radius 2 is 1.78 bits per heavy atom. The second-order valence-electron chi connectivity index (χ2n) is 9.94. The van der Waals surface area contributed by atoms with Gasteiger partial charge < -0.3 is 33.2 Å². The second-order valence-corrected chi connectivity index (χ2v) is 9.94. The van der Waals surface area contributed by atoms with Gasteiger partial charge in [-0.25, -0.2) is 0 Å². The molecular formula is C28H38O8. The van der Waals surface area contributed by atoms with Gasteiger partial charge in [-0.3, -0.25) is 4.79 Å². The fraction of sp³-hybridized carbons (Fsp3) is 0.679. The van der Waals surface area contributed by atoms with Crippen LogP contribution in [-0.2, 0) is 28.5 Å². The minimum absolute atomic E-state index is 0.0241. The van der Waals surface area contributed by atoms with Crippen LogP contribution in [0.2, 0.25) is 0 Å². The molecule has 4 aliphatic rings. The third-order valence-corrected chi connectivity index (χ3v) is 7.48. The molecule has 0 bridgehead atoms. The summed E-state index contributed by atoms with van der Waals surface area (Å²) in [5, 5.41) is 0. The minimum atomic E-state index is -0.288. The molecule has 6 atom stereocenters. The largest absolute Gasteiger partial charge is 0.493 e. The molecule has 1 aromatic carbocycles. The first-order valence-corrected chi connectivity index (χ1v) is 13.4. The summed E-state index contributed by atoms with van der Waals surface area (Å²) >= 11 is 0. The van der Waals surface area contributed by atoms with Crippen molar-refractivity contribution in [3.63, 3.8) is 0 Å². The van der Waals surface area contributed by atoms with Gasteiger partial charge in [0.2, 0.25) is 0 Å². The number of esters is 1. The van der Waals surface area contributed by atoms with Crippen LogP contribution in [0, 0.1) is 11.8 Å². The Hall–Kier alpha value is -2.29. The summed E-state index contributed by atoms with van der Waals surface area (Å²) in [7, 11) is 1.63. The van der Waals surface area contributed by atoms with Crippen molar-refractivity contribution >= 4 is 5.97 Å². The van der Waals surface area contributed by atoms with Gasteiger partial charge in [-0.15, -0.1) is 0 Å². The maximum atomic E-state index is 12.2. The van der Waals surface area contributed by atoms with E-state index in [0.717, 1.165) is 50.9 Å². The van der Waals surface area contributed by atoms with Gasteiger partial charge in [-0.05, 0) is 50.3 Å². The van der Waals surface area contributed by atoms with E-state index in [9.17, 15) is 4.79 Å². The molecule has 3 heterocycles. The fourth-order valence-corrected chi connectivity index (χ4v) is 5.74. The van der Waals surface area contributed by atoms with E-state index in [0.29, 0.717) is 44.0 Å². The molecule has 1 saturated carbocycles. The summed E-state index contributed by atoms with van der Waals surface area (Å²) in [4.78, 5) is 12.2. The molecular weight excluding hydrogens is 464 g/mol. The number of hydrogen-bond donors (Lipinski definition) is 0. The minimum Gasteiger partial charge on any atom is -0.493 e. The van der Waals surface area contributed by atoms with Gasteiger partial charge in [0.15, 0.2) is 24.1 Å². The van der Waals surface area contributed by atoms with Crippen LogP contribution < -0.4 is 9.47 Å². The van der Waals surface area contributed by atoms with Crippen LogP contribution in [0.3, 0.4) is 0 Å². The molecule has 8 nitrogen and oxygen atoms in total. The quantitative estimate of drug-likeness (QED) is 0.258. The molecule has 4 fully saturated rings. The molecule has 2 unspecified atom stereocenters. The standard InChI is InChI=1S/C28H38O8/c1-30-20-9-2-3-10-21(20)31-16-8-11-22(35-26-12-4-6-14-32-26)28-19-17-25(29)34-23(19)18-24(28)36-27-13-5-7-15-33-27/h2-3,9-11,19,23-24,26-28H,4-8,12-18H2,1H3/b22-11+/t19-,23-,24-,26?,27?,28-/m1/s1. The Labute approximate surface area is 213 Å². The molecule has 0 aromatic heterocycles. The highest BCUT2D eigenvalue weighted by Crippen LogP contribution is 2.47. The van der Waals surface area contributed by atoms with Crippen LogP contribution in [0.25, 0.3) is 0 Å². The number of hydrogen-bond acceptors (Lipinski definition) is 8. The number of para-hydroxylation sites is 2. The zero-order valence-corrected chi connectivity index (χ0v) is 21.1. The van der Waals surface area contributed by atoms with Gasteiger partial charge in [0, 0.05) is 37.7 Å². The maximum absolute atomic E-state index is 12.2. The monoisotopic (exact) mass is 502 g/mol.